The molecule has 762 valence electrons. The Bertz CT molecular complexity index is 4830. The van der Waals surface area contributed by atoms with Crippen molar-refractivity contribution in [1.82, 2.24) is 30.7 Å². The first-order valence-corrected chi connectivity index (χ1v) is 47.6. The second-order valence-corrected chi connectivity index (χ2v) is 35.1. The number of rotatable bonds is 66. The maximum atomic E-state index is 14.5. The summed E-state index contributed by atoms with van der Waals surface area (Å²) in [5, 5.41) is 20.4. The second-order valence-electron chi connectivity index (χ2n) is 35.1. The molecule has 0 fully saturated rings. The van der Waals surface area contributed by atoms with Gasteiger partial charge in [-0.1, -0.05) is 87.4 Å². The zero-order valence-electron chi connectivity index (χ0n) is 81.8. The molecule has 4 aromatic carbocycles. The fraction of sp³-hybridized carbons (Fsp3) is 0.574. The van der Waals surface area contributed by atoms with E-state index >= 15 is 0 Å². The Morgan fingerprint density at radius 1 is 0.446 bits per heavy atom. The highest BCUT2D eigenvalue weighted by Gasteiger charge is 2.46. The van der Waals surface area contributed by atoms with E-state index in [1.807, 2.05) is 41.5 Å². The number of carbonyl (C=O) groups excluding carboxylic acids is 13. The van der Waals surface area contributed by atoms with Crippen LogP contribution in [0.3, 0.4) is 0 Å². The van der Waals surface area contributed by atoms with Gasteiger partial charge in [0.2, 0.25) is 17.7 Å². The lowest BCUT2D eigenvalue weighted by Gasteiger charge is -2.31. The topological polar surface area (TPSA) is 442 Å². The van der Waals surface area contributed by atoms with Crippen LogP contribution in [0.1, 0.15) is 163 Å². The molecule has 5 aliphatic rings. The van der Waals surface area contributed by atoms with E-state index in [2.05, 4.69) is 16.0 Å². The summed E-state index contributed by atoms with van der Waals surface area (Å²) in [5.41, 5.74) is 4.77. The van der Waals surface area contributed by atoms with Crippen LogP contribution in [0.2, 0.25) is 0 Å². The van der Waals surface area contributed by atoms with E-state index in [1.54, 1.807) is 98.9 Å². The minimum Gasteiger partial charge on any atom is -0.493 e. The van der Waals surface area contributed by atoms with Crippen molar-refractivity contribution in [1.29, 1.82) is 0 Å². The first-order valence-electron chi connectivity index (χ1n) is 47.6. The van der Waals surface area contributed by atoms with E-state index in [4.69, 9.17) is 75.8 Å². The van der Waals surface area contributed by atoms with Crippen molar-refractivity contribution in [3.05, 3.63) is 142 Å². The van der Waals surface area contributed by atoms with Crippen LogP contribution in [0.5, 0.6) is 23.0 Å². The number of hydrogen-bond donors (Lipinski definition) is 4. The van der Waals surface area contributed by atoms with E-state index in [1.165, 1.54) is 48.3 Å². The molecular formula is C101H138N8O30. The molecule has 0 aromatic heterocycles. The van der Waals surface area contributed by atoms with Gasteiger partial charge in [-0.15, -0.1) is 0 Å². The summed E-state index contributed by atoms with van der Waals surface area (Å²) in [6, 6.07) is 16.9. The number of aliphatic hydroxyl groups is 1. The van der Waals surface area contributed by atoms with Gasteiger partial charge in [-0.05, 0) is 106 Å². The molecule has 0 saturated carbocycles. The van der Waals surface area contributed by atoms with Crippen molar-refractivity contribution in [3.8, 4) is 23.0 Å². The van der Waals surface area contributed by atoms with Gasteiger partial charge in [-0.25, -0.2) is 14.5 Å². The van der Waals surface area contributed by atoms with E-state index in [-0.39, 0.29) is 222 Å². The number of nitrogens with zero attached hydrogens (tertiary/aromatic N) is 5. The third-order valence-electron chi connectivity index (χ3n) is 23.8. The number of anilines is 2. The smallest absolute Gasteiger partial charge is 0.416 e. The number of ether oxygens (including phenoxy) is 16. The van der Waals surface area contributed by atoms with Crippen LogP contribution in [0.4, 0.5) is 21.0 Å². The van der Waals surface area contributed by atoms with Gasteiger partial charge in [0.25, 0.3) is 23.6 Å². The fourth-order valence-electron chi connectivity index (χ4n) is 15.8. The number of methoxy groups -OCH3 is 3. The largest absolute Gasteiger partial charge is 0.493 e. The van der Waals surface area contributed by atoms with Crippen LogP contribution in [0, 0.1) is 23.7 Å². The van der Waals surface area contributed by atoms with Gasteiger partial charge in [0.15, 0.2) is 40.8 Å². The lowest BCUT2D eigenvalue weighted by atomic mass is 9.88. The summed E-state index contributed by atoms with van der Waals surface area (Å²) in [5.74, 6) is -4.29. The molecule has 4 N–H and O–H groups in total. The summed E-state index contributed by atoms with van der Waals surface area (Å²) in [6.07, 6.45) is 5.15. The maximum Gasteiger partial charge on any atom is 0.416 e. The van der Waals surface area contributed by atoms with Crippen molar-refractivity contribution < 1.29 is 143 Å². The molecule has 0 radical (unpaired) electrons. The number of benzene rings is 4. The number of fused-ring (bicyclic) bond motifs is 4. The molecule has 38 heteroatoms. The van der Waals surface area contributed by atoms with Crippen LogP contribution >= 0.6 is 0 Å². The van der Waals surface area contributed by atoms with Crippen LogP contribution in [0.25, 0.3) is 0 Å². The number of carbonyl (C=O) groups is 13. The number of hydrogen-bond acceptors (Lipinski definition) is 30. The third kappa shape index (κ3) is 35.4. The van der Waals surface area contributed by atoms with Crippen LogP contribution in [-0.4, -0.2) is 307 Å². The first-order chi connectivity index (χ1) is 67.0. The van der Waals surface area contributed by atoms with Gasteiger partial charge < -0.3 is 107 Å². The van der Waals surface area contributed by atoms with Gasteiger partial charge >= 0.3 is 12.2 Å². The Kier molecular flexibility index (Phi) is 46.9. The van der Waals surface area contributed by atoms with E-state index in [0.29, 0.717) is 154 Å². The number of amides is 9. The van der Waals surface area contributed by atoms with Gasteiger partial charge in [0.1, 0.15) is 24.8 Å². The van der Waals surface area contributed by atoms with Gasteiger partial charge in [-0.3, -0.25) is 62.5 Å². The highest BCUT2D eigenvalue weighted by atomic mass is 16.6. The quantitative estimate of drug-likeness (QED) is 0.0236. The molecule has 5 heterocycles. The Balaban J connectivity index is 0.651. The number of imide groups is 1. The highest BCUT2D eigenvalue weighted by Crippen LogP contribution is 2.44. The lowest BCUT2D eigenvalue weighted by Crippen LogP contribution is -2.50. The summed E-state index contributed by atoms with van der Waals surface area (Å²) in [6.45, 7) is 21.2. The van der Waals surface area contributed by atoms with Crippen molar-refractivity contribution in [3.63, 3.8) is 0 Å². The van der Waals surface area contributed by atoms with Crippen molar-refractivity contribution >= 4 is 88.0 Å². The van der Waals surface area contributed by atoms with Crippen molar-refractivity contribution in [2.45, 2.75) is 176 Å². The highest BCUT2D eigenvalue weighted by molar-refractivity contribution is 6.13. The first kappa shape index (κ1) is 111. The van der Waals surface area contributed by atoms with E-state index in [0.717, 1.165) is 20.9 Å². The number of aliphatic hydroxyl groups excluding tert-OH is 1. The minimum absolute atomic E-state index is 0.0129. The molecule has 9 amide bonds. The number of Topliss-reactive ketones (excluding diaryl/α,β-unsaturated/α-hetero) is 4. The molecule has 0 aliphatic carbocycles. The van der Waals surface area contributed by atoms with Gasteiger partial charge in [-0.2, -0.15) is 0 Å². The van der Waals surface area contributed by atoms with E-state index in [9.17, 15) is 67.4 Å². The predicted octanol–water partition coefficient (Wildman–Crippen LogP) is 8.90. The monoisotopic (exact) mass is 1940 g/mol. The summed E-state index contributed by atoms with van der Waals surface area (Å²) in [7, 11) is 4.44. The zero-order valence-corrected chi connectivity index (χ0v) is 81.8. The number of ketones is 4. The van der Waals surface area contributed by atoms with Crippen LogP contribution < -0.4 is 44.7 Å². The number of nitrogens with one attached hydrogen (secondary N) is 3. The molecule has 139 heavy (non-hydrogen) atoms. The van der Waals surface area contributed by atoms with Crippen LogP contribution in [-0.2, 0) is 126 Å². The summed E-state index contributed by atoms with van der Waals surface area (Å²) in [4.78, 5) is 179. The Morgan fingerprint density at radius 2 is 0.849 bits per heavy atom. The van der Waals surface area contributed by atoms with Crippen molar-refractivity contribution in [2.75, 3.05) is 190 Å². The van der Waals surface area contributed by atoms with E-state index < -0.39 is 72.0 Å². The fourth-order valence-corrected chi connectivity index (χ4v) is 15.8. The maximum absolute atomic E-state index is 14.5. The third-order valence-corrected chi connectivity index (χ3v) is 23.8. The van der Waals surface area contributed by atoms with Crippen molar-refractivity contribution in [2.24, 2.45) is 23.7 Å². The Hall–Kier alpha value is -11.4. The van der Waals surface area contributed by atoms with Gasteiger partial charge in [0, 0.05) is 114 Å². The zero-order chi connectivity index (χ0) is 100. The Morgan fingerprint density at radius 3 is 1.30 bits per heavy atom. The minimum atomic E-state index is -1.57. The lowest BCUT2D eigenvalue weighted by molar-refractivity contribution is -0.137. The SMILES string of the molecule is COCCOCCC(=O)C[C@H](C(=O)N[C@@H](C)C(=O)Cc1ccc(COC(=O)N2C[C@@H]3CC(C)=CN3C(=O)c3cc(OC)c(OCCCCCOc4cc5c(cc4OC)C(=O)N4C=C(C)C[C@H]4[C@H](O)N5C(=O)OCc4ccc(CC(=O)[C@H](C)NC(=O)[C@@H](CC(=O)CCOCCOCCOCCOCCOCCOCCOCCOCCNC(=O)CCN5C(=O)C=CC5=O)C(C)C)cc4)cc32)cc1)C(C)C. The molecule has 4 aromatic rings. The van der Waals surface area contributed by atoms with Crippen LogP contribution in [0.15, 0.2) is 108 Å². The average molecular weight is 1940 g/mol. The normalized spacial score (nSPS) is 16.4. The molecule has 0 saturated heterocycles. The summed E-state index contributed by atoms with van der Waals surface area (Å²) < 4.78 is 90.7. The second kappa shape index (κ2) is 58.6. The molecule has 0 bridgehead atoms. The molecule has 0 spiro atoms. The predicted molar refractivity (Wildman–Crippen MR) is 507 cm³/mol. The Labute approximate surface area is 812 Å². The molecule has 7 atom stereocenters. The molecule has 38 nitrogen and oxygen atoms in total. The molecule has 0 unspecified atom stereocenters. The standard InChI is InChI=1S/C101H138N8O30/c1-66(2)79(55-77(110)26-32-127-36-35-124-9)95(117)103-70(7)86(112)53-72-15-19-74(20-16-72)64-138-100(122)108-63-76-51-68(5)61-106(76)97(119)81-57-88(125-10)90(59-83(81)108)136-30-13-12-14-31-137-91-60-84-82(58-89(91)126-11)98(120)107-62-69(6)52-85(107)99(121)109(84)101(123)139-65-75-21-17-73(18-22-75)54-87(113)71(8)104-96(118)80(67(3)4)56-78(111)27-33-128-37-39-130-41-43-132-45-47-134-49-50-135-48-46-133-44-42-131-40-38-129-34-28-102-92(114)25-29-105-93(115)23-24-94(105)116/h15-24,57-62,66-67,70-71,76,79-80,85,99,121H,12-14,25-56,63-65H2,1-11H3,(H,102,114)(H,103,117)(H,104,118)/t70-,71-,76-,79-,80-,85-,99-/m0/s1. The number of unbranched alkanes of at least 4 members (excludes halogenated alkanes) is 2. The molecular weight excluding hydrogens is 1810 g/mol. The summed E-state index contributed by atoms with van der Waals surface area (Å²) >= 11 is 0. The molecule has 5 aliphatic heterocycles. The average Bonchev–Trinajstić information content (AvgIpc) is 1.60. The molecule has 9 rings (SSSR count). The van der Waals surface area contributed by atoms with Gasteiger partial charge in [0.05, 0.1) is 206 Å².